The number of carboxylic acid groups (broad SMARTS) is 1. The number of aromatic carboxylic acids is 1. The molecule has 0 fully saturated rings. The van der Waals surface area contributed by atoms with Crippen LogP contribution in [0.2, 0.25) is 0 Å². The van der Waals surface area contributed by atoms with Crippen LogP contribution in [0.25, 0.3) is 0 Å². The van der Waals surface area contributed by atoms with Crippen molar-refractivity contribution in [2.45, 2.75) is 13.3 Å². The van der Waals surface area contributed by atoms with E-state index in [4.69, 9.17) is 15.6 Å². The van der Waals surface area contributed by atoms with Gasteiger partial charge in [-0.05, 0) is 31.5 Å². The van der Waals surface area contributed by atoms with Crippen molar-refractivity contribution in [1.82, 2.24) is 0 Å². The Morgan fingerprint density at radius 3 is 2.57 bits per heavy atom. The van der Waals surface area contributed by atoms with Crippen LogP contribution in [0.1, 0.15) is 23.7 Å². The summed E-state index contributed by atoms with van der Waals surface area (Å²) in [5.74, 6) is -1.17. The molecule has 0 atom stereocenters. The van der Waals surface area contributed by atoms with Crippen LogP contribution in [0.4, 0.5) is 11.4 Å². The second-order valence-corrected chi connectivity index (χ2v) is 6.42. The Bertz CT molecular complexity index is 601. The zero-order chi connectivity index (χ0) is 16.0. The summed E-state index contributed by atoms with van der Waals surface area (Å²) < 4.78 is 30.6. The van der Waals surface area contributed by atoms with Crippen LogP contribution in [-0.2, 0) is 14.8 Å². The van der Waals surface area contributed by atoms with Crippen molar-refractivity contribution in [3.8, 4) is 0 Å². The molecule has 0 aliphatic rings. The Balaban J connectivity index is 3.07. The standard InChI is InChI=1S/C13H20N2O5S/c1-3-15(21(18,19)8-4-7-20-2)12-6-5-10(13(16)17)9-11(12)14/h5-6,9H,3-4,7-8,14H2,1-2H3,(H,16,17). The topological polar surface area (TPSA) is 110 Å². The number of nitrogen functional groups attached to an aromatic ring is 1. The molecule has 0 spiro atoms. The first-order chi connectivity index (χ1) is 9.83. The lowest BCUT2D eigenvalue weighted by molar-refractivity contribution is 0.0697. The van der Waals surface area contributed by atoms with E-state index in [2.05, 4.69) is 0 Å². The number of carboxylic acids is 1. The van der Waals surface area contributed by atoms with E-state index < -0.39 is 16.0 Å². The average molecular weight is 316 g/mol. The molecule has 0 radical (unpaired) electrons. The molecule has 0 bridgehead atoms. The number of benzene rings is 1. The molecule has 21 heavy (non-hydrogen) atoms. The normalized spacial score (nSPS) is 11.3. The predicted molar refractivity (Wildman–Crippen MR) is 81.1 cm³/mol. The highest BCUT2D eigenvalue weighted by Crippen LogP contribution is 2.27. The molecular weight excluding hydrogens is 296 g/mol. The summed E-state index contributed by atoms with van der Waals surface area (Å²) in [6.45, 7) is 2.26. The lowest BCUT2D eigenvalue weighted by atomic mass is 10.2. The summed E-state index contributed by atoms with van der Waals surface area (Å²) in [4.78, 5) is 10.9. The third-order valence-corrected chi connectivity index (χ3v) is 4.85. The maximum atomic E-state index is 12.3. The predicted octanol–water partition coefficient (Wildman–Crippen LogP) is 1.16. The first-order valence-electron chi connectivity index (χ1n) is 6.45. The molecule has 0 aliphatic heterocycles. The van der Waals surface area contributed by atoms with Gasteiger partial charge in [0, 0.05) is 20.3 Å². The Morgan fingerprint density at radius 2 is 2.10 bits per heavy atom. The van der Waals surface area contributed by atoms with E-state index in [1.165, 1.54) is 29.6 Å². The molecule has 1 rings (SSSR count). The molecule has 0 aromatic heterocycles. The molecule has 1 aromatic carbocycles. The van der Waals surface area contributed by atoms with Gasteiger partial charge in [0.25, 0.3) is 0 Å². The number of methoxy groups -OCH3 is 1. The minimum Gasteiger partial charge on any atom is -0.478 e. The number of nitrogens with zero attached hydrogens (tertiary/aromatic N) is 1. The smallest absolute Gasteiger partial charge is 0.335 e. The van der Waals surface area contributed by atoms with E-state index in [0.717, 1.165) is 0 Å². The van der Waals surface area contributed by atoms with Gasteiger partial charge in [-0.25, -0.2) is 13.2 Å². The Labute approximate surface area is 124 Å². The van der Waals surface area contributed by atoms with E-state index in [1.54, 1.807) is 6.92 Å². The molecule has 0 saturated heterocycles. The van der Waals surface area contributed by atoms with E-state index in [1.807, 2.05) is 0 Å². The number of carbonyl (C=O) groups is 1. The Morgan fingerprint density at radius 1 is 1.43 bits per heavy atom. The van der Waals surface area contributed by atoms with Gasteiger partial charge in [-0.1, -0.05) is 0 Å². The van der Waals surface area contributed by atoms with Crippen molar-refractivity contribution in [2.75, 3.05) is 36.1 Å². The second-order valence-electron chi connectivity index (χ2n) is 4.41. The highest BCUT2D eigenvalue weighted by Gasteiger charge is 2.23. The van der Waals surface area contributed by atoms with Gasteiger partial charge in [-0.3, -0.25) is 4.31 Å². The van der Waals surface area contributed by atoms with Gasteiger partial charge in [0.05, 0.1) is 22.7 Å². The molecule has 1 aromatic rings. The summed E-state index contributed by atoms with van der Waals surface area (Å²) >= 11 is 0. The van der Waals surface area contributed by atoms with Gasteiger partial charge in [-0.2, -0.15) is 0 Å². The molecule has 8 heteroatoms. The molecule has 7 nitrogen and oxygen atoms in total. The highest BCUT2D eigenvalue weighted by atomic mass is 32.2. The summed E-state index contributed by atoms with van der Waals surface area (Å²) in [6.07, 6.45) is 0.377. The van der Waals surface area contributed by atoms with Crippen LogP contribution in [-0.4, -0.2) is 45.5 Å². The van der Waals surface area contributed by atoms with Crippen LogP contribution in [0.15, 0.2) is 18.2 Å². The van der Waals surface area contributed by atoms with Crippen molar-refractivity contribution < 1.29 is 23.1 Å². The summed E-state index contributed by atoms with van der Waals surface area (Å²) in [7, 11) is -2.02. The molecule has 3 N–H and O–H groups in total. The molecule has 0 heterocycles. The molecular formula is C13H20N2O5S. The van der Waals surface area contributed by atoms with Gasteiger partial charge in [0.15, 0.2) is 0 Å². The van der Waals surface area contributed by atoms with E-state index >= 15 is 0 Å². The highest BCUT2D eigenvalue weighted by molar-refractivity contribution is 7.92. The average Bonchev–Trinajstić information content (AvgIpc) is 2.41. The van der Waals surface area contributed by atoms with Crippen molar-refractivity contribution in [1.29, 1.82) is 0 Å². The molecule has 118 valence electrons. The maximum absolute atomic E-state index is 12.3. The number of nitrogens with two attached hydrogens (primary N) is 1. The van der Waals surface area contributed by atoms with Gasteiger partial charge in [0.1, 0.15) is 0 Å². The van der Waals surface area contributed by atoms with E-state index in [0.29, 0.717) is 18.7 Å². The fraction of sp³-hybridized carbons (Fsp3) is 0.462. The zero-order valence-corrected chi connectivity index (χ0v) is 12.9. The molecule has 0 aliphatic carbocycles. The van der Waals surface area contributed by atoms with Crippen LogP contribution >= 0.6 is 0 Å². The quantitative estimate of drug-likeness (QED) is 0.550. The maximum Gasteiger partial charge on any atom is 0.335 e. The summed E-state index contributed by atoms with van der Waals surface area (Å²) in [5, 5.41) is 8.90. The number of ether oxygens (including phenoxy) is 1. The van der Waals surface area contributed by atoms with Crippen molar-refractivity contribution in [2.24, 2.45) is 0 Å². The van der Waals surface area contributed by atoms with Gasteiger partial charge in [0.2, 0.25) is 10.0 Å². The Kier molecular flexibility index (Phi) is 5.98. The number of anilines is 2. The molecule has 0 saturated carbocycles. The summed E-state index contributed by atoms with van der Waals surface area (Å²) in [5.41, 5.74) is 6.22. The van der Waals surface area contributed by atoms with Crippen molar-refractivity contribution in [3.63, 3.8) is 0 Å². The SMILES string of the molecule is CCN(c1ccc(C(=O)O)cc1N)S(=O)(=O)CCCOC. The molecule has 0 amide bonds. The number of sulfonamides is 1. The lowest BCUT2D eigenvalue weighted by Gasteiger charge is -2.24. The second kappa shape index (κ2) is 7.28. The minimum absolute atomic E-state index is 0.0177. The monoisotopic (exact) mass is 316 g/mol. The van der Waals surface area contributed by atoms with E-state index in [-0.39, 0.29) is 23.5 Å². The van der Waals surface area contributed by atoms with Crippen LogP contribution < -0.4 is 10.0 Å². The van der Waals surface area contributed by atoms with Crippen molar-refractivity contribution >= 4 is 27.4 Å². The van der Waals surface area contributed by atoms with Crippen molar-refractivity contribution in [3.05, 3.63) is 23.8 Å². The van der Waals surface area contributed by atoms with E-state index in [9.17, 15) is 13.2 Å². The first kappa shape index (κ1) is 17.3. The summed E-state index contributed by atoms with van der Waals surface area (Å²) in [6, 6.07) is 4.00. The van der Waals surface area contributed by atoms with Gasteiger partial charge >= 0.3 is 5.97 Å². The van der Waals surface area contributed by atoms with Gasteiger partial charge < -0.3 is 15.6 Å². The van der Waals surface area contributed by atoms with Gasteiger partial charge in [-0.15, -0.1) is 0 Å². The van der Waals surface area contributed by atoms with Crippen LogP contribution in [0.3, 0.4) is 0 Å². The number of hydrogen-bond acceptors (Lipinski definition) is 5. The van der Waals surface area contributed by atoms with Crippen LogP contribution in [0, 0.1) is 0 Å². The Hall–Kier alpha value is -1.80. The first-order valence-corrected chi connectivity index (χ1v) is 8.06. The fourth-order valence-electron chi connectivity index (χ4n) is 1.93. The third-order valence-electron chi connectivity index (χ3n) is 2.92. The largest absolute Gasteiger partial charge is 0.478 e. The number of rotatable bonds is 8. The van der Waals surface area contributed by atoms with Crippen LogP contribution in [0.5, 0.6) is 0 Å². The fourth-order valence-corrected chi connectivity index (χ4v) is 3.49. The zero-order valence-electron chi connectivity index (χ0n) is 12.1. The lowest BCUT2D eigenvalue weighted by Crippen LogP contribution is -2.33. The molecule has 0 unspecified atom stereocenters. The third kappa shape index (κ3) is 4.33. The minimum atomic E-state index is -3.53. The number of hydrogen-bond donors (Lipinski definition) is 2.